The molecule has 0 aliphatic carbocycles. The van der Waals surface area contributed by atoms with Crippen molar-refractivity contribution in [2.24, 2.45) is 0 Å². The normalized spacial score (nSPS) is 15.0. The summed E-state index contributed by atoms with van der Waals surface area (Å²) < 4.78 is 40.3. The summed E-state index contributed by atoms with van der Waals surface area (Å²) in [6.07, 6.45) is 6.68. The lowest BCUT2D eigenvalue weighted by atomic mass is 10.0. The Morgan fingerprint density at radius 2 is 1.11 bits per heavy atom. The number of pyridine rings is 2. The van der Waals surface area contributed by atoms with Gasteiger partial charge >= 0.3 is 0 Å². The van der Waals surface area contributed by atoms with E-state index in [-0.39, 0.29) is 18.0 Å². The largest absolute Gasteiger partial charge is 0.371 e. The Hall–Kier alpha value is -5.39. The molecule has 4 aromatic carbocycles. The Morgan fingerprint density at radius 3 is 1.61 bits per heavy atom. The van der Waals surface area contributed by atoms with Crippen LogP contribution in [0.1, 0.15) is 52.0 Å². The van der Waals surface area contributed by atoms with Gasteiger partial charge in [0.15, 0.2) is 17.5 Å². The molecule has 0 bridgehead atoms. The van der Waals surface area contributed by atoms with E-state index in [0.29, 0.717) is 36.0 Å². The van der Waals surface area contributed by atoms with E-state index in [9.17, 15) is 22.8 Å². The summed E-state index contributed by atoms with van der Waals surface area (Å²) in [6, 6.07) is 24.8. The number of carbonyl (C=O) groups excluding carboxylic acids is 2. The summed E-state index contributed by atoms with van der Waals surface area (Å²) in [7, 11) is 0. The molecule has 4 heterocycles. The third kappa shape index (κ3) is 8.85. The van der Waals surface area contributed by atoms with Crippen LogP contribution in [0.3, 0.4) is 0 Å². The Bertz CT molecular complexity index is 2380. The number of rotatable bonds is 6. The number of carbonyl (C=O) groups is 2. The minimum Gasteiger partial charge on any atom is -0.371 e. The molecule has 8 rings (SSSR count). The maximum Gasteiger partial charge on any atom is 0.254 e. The second-order valence-electron chi connectivity index (χ2n) is 14.0. The zero-order chi connectivity index (χ0) is 39.3. The molecular formula is C43H39Cl2F3N6O2. The van der Waals surface area contributed by atoms with Crippen LogP contribution in [-0.4, -0.2) is 60.0 Å². The molecule has 6 aromatic rings. The predicted octanol–water partition coefficient (Wildman–Crippen LogP) is 9.30. The highest BCUT2D eigenvalue weighted by molar-refractivity contribution is 6.31. The number of hydrogen-bond donors (Lipinski definition) is 2. The first-order valence-corrected chi connectivity index (χ1v) is 19.2. The second kappa shape index (κ2) is 17.2. The lowest BCUT2D eigenvalue weighted by Gasteiger charge is -2.34. The summed E-state index contributed by atoms with van der Waals surface area (Å²) in [5.74, 6) is -5.17. The van der Waals surface area contributed by atoms with E-state index in [1.807, 2.05) is 79.9 Å². The molecule has 288 valence electrons. The van der Waals surface area contributed by atoms with E-state index < -0.39 is 28.9 Å². The van der Waals surface area contributed by atoms with Crippen LogP contribution in [0.2, 0.25) is 10.0 Å². The molecule has 0 radical (unpaired) electrons. The standard InChI is InChI=1S/C22H22ClN3O.C21H17ClF3N3O/c1-15-2-4-16(5-3-15)22(27)25-18-9-12-26(13-10-18)21-8-11-24-20-14-17(23)6-7-19(20)21;22-12-1-2-14-17(11-12)26-8-5-18(14)28-9-6-13(7-10-28)27-21(29)15-3-4-16(23)20(25)19(15)24/h2-8,11,14,18H,9-10,12-13H2,1H3,(H,25,27);1-5,8,11,13H,6-7,9-10H2,(H,27,29). The Labute approximate surface area is 332 Å². The van der Waals surface area contributed by atoms with Crippen LogP contribution < -0.4 is 20.4 Å². The molecule has 56 heavy (non-hydrogen) atoms. The molecule has 0 unspecified atom stereocenters. The lowest BCUT2D eigenvalue weighted by Crippen LogP contribution is -2.45. The van der Waals surface area contributed by atoms with E-state index in [1.165, 1.54) is 5.69 Å². The third-order valence-corrected chi connectivity index (χ3v) is 10.8. The fourth-order valence-corrected chi connectivity index (χ4v) is 7.56. The number of benzene rings is 4. The van der Waals surface area contributed by atoms with E-state index in [2.05, 4.69) is 36.5 Å². The van der Waals surface area contributed by atoms with Gasteiger partial charge < -0.3 is 20.4 Å². The van der Waals surface area contributed by atoms with Gasteiger partial charge in [-0.2, -0.15) is 0 Å². The fraction of sp³-hybridized carbons (Fsp3) is 0.256. The van der Waals surface area contributed by atoms with Gasteiger partial charge in [-0.1, -0.05) is 40.9 Å². The average Bonchev–Trinajstić information content (AvgIpc) is 3.20. The monoisotopic (exact) mass is 798 g/mol. The van der Waals surface area contributed by atoms with Gasteiger partial charge in [0.05, 0.1) is 16.6 Å². The first-order valence-electron chi connectivity index (χ1n) is 18.4. The van der Waals surface area contributed by atoms with Gasteiger partial charge in [-0.25, -0.2) is 13.2 Å². The Morgan fingerprint density at radius 1 is 0.625 bits per heavy atom. The maximum atomic E-state index is 13.8. The predicted molar refractivity (Wildman–Crippen MR) is 216 cm³/mol. The van der Waals surface area contributed by atoms with Crippen molar-refractivity contribution in [2.75, 3.05) is 36.0 Å². The number of fused-ring (bicyclic) bond motifs is 2. The smallest absolute Gasteiger partial charge is 0.254 e. The number of nitrogens with zero attached hydrogens (tertiary/aromatic N) is 4. The van der Waals surface area contributed by atoms with Crippen molar-refractivity contribution >= 4 is 68.2 Å². The van der Waals surface area contributed by atoms with Gasteiger partial charge in [-0.05, 0) is 105 Å². The molecule has 2 amide bonds. The van der Waals surface area contributed by atoms with Gasteiger partial charge in [0.25, 0.3) is 11.8 Å². The number of hydrogen-bond acceptors (Lipinski definition) is 6. The second-order valence-corrected chi connectivity index (χ2v) is 14.9. The van der Waals surface area contributed by atoms with Crippen molar-refractivity contribution in [3.8, 4) is 0 Å². The highest BCUT2D eigenvalue weighted by Gasteiger charge is 2.26. The zero-order valence-electron chi connectivity index (χ0n) is 30.5. The molecule has 2 saturated heterocycles. The summed E-state index contributed by atoms with van der Waals surface area (Å²) in [5, 5.41) is 9.31. The van der Waals surface area contributed by atoms with E-state index in [1.54, 1.807) is 6.20 Å². The molecular weight excluding hydrogens is 760 g/mol. The number of piperidine rings is 2. The molecule has 13 heteroatoms. The van der Waals surface area contributed by atoms with Crippen LogP contribution in [0.25, 0.3) is 21.8 Å². The first-order chi connectivity index (χ1) is 27.0. The van der Waals surface area contributed by atoms with Gasteiger partial charge in [0.1, 0.15) is 0 Å². The Balaban J connectivity index is 0.000000172. The van der Waals surface area contributed by atoms with Crippen LogP contribution in [0.4, 0.5) is 24.5 Å². The van der Waals surface area contributed by atoms with Gasteiger partial charge in [0, 0.05) is 88.4 Å². The number of nitrogens with one attached hydrogen (secondary N) is 2. The minimum absolute atomic E-state index is 0.0115. The number of amides is 2. The van der Waals surface area contributed by atoms with E-state index in [4.69, 9.17) is 23.2 Å². The van der Waals surface area contributed by atoms with Crippen molar-refractivity contribution in [1.82, 2.24) is 20.6 Å². The average molecular weight is 800 g/mol. The number of aromatic nitrogens is 2. The molecule has 2 aliphatic heterocycles. The highest BCUT2D eigenvalue weighted by Crippen LogP contribution is 2.31. The van der Waals surface area contributed by atoms with Crippen molar-refractivity contribution < 1.29 is 22.8 Å². The summed E-state index contributed by atoms with van der Waals surface area (Å²) >= 11 is 12.1. The summed E-state index contributed by atoms with van der Waals surface area (Å²) in [6.45, 7) is 5.18. The number of anilines is 2. The van der Waals surface area contributed by atoms with Gasteiger partial charge in [0.2, 0.25) is 0 Å². The topological polar surface area (TPSA) is 90.5 Å². The van der Waals surface area contributed by atoms with Crippen LogP contribution in [0.5, 0.6) is 0 Å². The lowest BCUT2D eigenvalue weighted by molar-refractivity contribution is 0.0919. The molecule has 0 saturated carbocycles. The van der Waals surface area contributed by atoms with Crippen LogP contribution in [-0.2, 0) is 0 Å². The SMILES string of the molecule is Cc1ccc(C(=O)NC2CCN(c3ccnc4cc(Cl)ccc34)CC2)cc1.O=C(NC1CCN(c2ccnc3cc(Cl)ccc23)CC1)c1ccc(F)c(F)c1F. The highest BCUT2D eigenvalue weighted by atomic mass is 35.5. The first kappa shape index (κ1) is 38.9. The van der Waals surface area contributed by atoms with Gasteiger partial charge in [-0.15, -0.1) is 0 Å². The number of aryl methyl sites for hydroxylation is 1. The number of halogens is 5. The zero-order valence-corrected chi connectivity index (χ0v) is 32.1. The third-order valence-electron chi connectivity index (χ3n) is 10.3. The Kier molecular flexibility index (Phi) is 11.9. The molecule has 2 fully saturated rings. The van der Waals surface area contributed by atoms with Crippen LogP contribution in [0, 0.1) is 24.4 Å². The summed E-state index contributed by atoms with van der Waals surface area (Å²) in [5.41, 5.74) is 5.31. The molecule has 0 atom stereocenters. The fourth-order valence-electron chi connectivity index (χ4n) is 7.23. The molecule has 8 nitrogen and oxygen atoms in total. The minimum atomic E-state index is -1.64. The molecule has 2 aromatic heterocycles. The van der Waals surface area contributed by atoms with E-state index in [0.717, 1.165) is 76.7 Å². The van der Waals surface area contributed by atoms with Crippen LogP contribution in [0.15, 0.2) is 97.3 Å². The van der Waals surface area contributed by atoms with Crippen molar-refractivity contribution in [2.45, 2.75) is 44.7 Å². The van der Waals surface area contributed by atoms with Crippen molar-refractivity contribution in [1.29, 1.82) is 0 Å². The molecule has 0 spiro atoms. The van der Waals surface area contributed by atoms with E-state index >= 15 is 0 Å². The summed E-state index contributed by atoms with van der Waals surface area (Å²) in [4.78, 5) is 38.0. The quantitative estimate of drug-likeness (QED) is 0.163. The van der Waals surface area contributed by atoms with Gasteiger partial charge in [-0.3, -0.25) is 19.6 Å². The van der Waals surface area contributed by atoms with Crippen molar-refractivity contribution in [3.63, 3.8) is 0 Å². The van der Waals surface area contributed by atoms with Crippen molar-refractivity contribution in [3.05, 3.63) is 142 Å². The molecule has 2 aliphatic rings. The molecule has 2 N–H and O–H groups in total. The maximum absolute atomic E-state index is 13.8. The van der Waals surface area contributed by atoms with Crippen LogP contribution >= 0.6 is 23.2 Å².